The Morgan fingerprint density at radius 3 is 2.28 bits per heavy atom. The van der Waals surface area contributed by atoms with Crippen LogP contribution in [0.15, 0.2) is 60.7 Å². The summed E-state index contributed by atoms with van der Waals surface area (Å²) in [7, 11) is 0. The van der Waals surface area contributed by atoms with Crippen molar-refractivity contribution in [2.75, 3.05) is 25.1 Å². The number of aryl methyl sites for hydroxylation is 1. The lowest BCUT2D eigenvalue weighted by atomic mass is 9.95. The van der Waals surface area contributed by atoms with E-state index in [4.69, 9.17) is 4.74 Å². The lowest BCUT2D eigenvalue weighted by Gasteiger charge is -2.34. The van der Waals surface area contributed by atoms with E-state index in [1.54, 1.807) is 39.0 Å². The summed E-state index contributed by atoms with van der Waals surface area (Å²) in [5, 5.41) is 27.1. The van der Waals surface area contributed by atoms with Gasteiger partial charge in [0.05, 0.1) is 13.2 Å². The zero-order valence-electron chi connectivity index (χ0n) is 23.0. The lowest BCUT2D eigenvalue weighted by Crippen LogP contribution is -2.54. The van der Waals surface area contributed by atoms with Crippen LogP contribution in [0.5, 0.6) is 0 Å². The number of benzene rings is 3. The van der Waals surface area contributed by atoms with Crippen LogP contribution in [0.3, 0.4) is 0 Å². The number of aliphatic hydroxyl groups excluding tert-OH is 2. The van der Waals surface area contributed by atoms with Crippen LogP contribution < -0.4 is 10.6 Å². The number of aliphatic hydroxyl groups is 2. The number of amides is 3. The van der Waals surface area contributed by atoms with Crippen molar-refractivity contribution < 1.29 is 29.3 Å². The molecule has 0 saturated carbocycles. The number of carbonyl (C=O) groups is 3. The Labute approximate surface area is 228 Å². The Morgan fingerprint density at radius 1 is 0.949 bits per heavy atom. The number of hydrogen-bond acceptors (Lipinski definition) is 6. The molecule has 0 aliphatic carbocycles. The van der Waals surface area contributed by atoms with Crippen LogP contribution >= 0.6 is 0 Å². The SMILES string of the molecule is Cc1cccc(C(C(=O)Nc2ccc3ccccc3c2)N(CCO)C(=O)C(CO)NC(=O)OC(C)(C)C)c1C. The van der Waals surface area contributed by atoms with Gasteiger partial charge in [-0.25, -0.2) is 4.79 Å². The van der Waals surface area contributed by atoms with Gasteiger partial charge in [0.15, 0.2) is 0 Å². The number of nitrogens with zero attached hydrogens (tertiary/aromatic N) is 1. The molecule has 4 N–H and O–H groups in total. The van der Waals surface area contributed by atoms with Crippen molar-refractivity contribution in [2.24, 2.45) is 0 Å². The van der Waals surface area contributed by atoms with Gasteiger partial charge in [0.25, 0.3) is 5.91 Å². The number of anilines is 1. The largest absolute Gasteiger partial charge is 0.444 e. The molecule has 0 radical (unpaired) electrons. The molecular formula is C30H37N3O6. The van der Waals surface area contributed by atoms with Gasteiger partial charge in [0.2, 0.25) is 5.91 Å². The molecule has 0 spiro atoms. The summed E-state index contributed by atoms with van der Waals surface area (Å²) in [6.07, 6.45) is -0.886. The van der Waals surface area contributed by atoms with Crippen molar-refractivity contribution in [3.8, 4) is 0 Å². The first-order valence-corrected chi connectivity index (χ1v) is 12.8. The maximum absolute atomic E-state index is 13.9. The van der Waals surface area contributed by atoms with E-state index in [2.05, 4.69) is 10.6 Å². The number of alkyl carbamates (subject to hydrolysis) is 1. The van der Waals surface area contributed by atoms with Crippen molar-refractivity contribution in [1.82, 2.24) is 10.2 Å². The summed E-state index contributed by atoms with van der Waals surface area (Å²) in [6, 6.07) is 16.1. The van der Waals surface area contributed by atoms with Gasteiger partial charge >= 0.3 is 6.09 Å². The molecular weight excluding hydrogens is 498 g/mol. The van der Waals surface area contributed by atoms with Gasteiger partial charge in [-0.15, -0.1) is 0 Å². The van der Waals surface area contributed by atoms with Crippen molar-refractivity contribution in [1.29, 1.82) is 0 Å². The topological polar surface area (TPSA) is 128 Å². The molecule has 3 amide bonds. The van der Waals surface area contributed by atoms with Crippen LogP contribution in [0.4, 0.5) is 10.5 Å². The number of hydrogen-bond donors (Lipinski definition) is 4. The van der Waals surface area contributed by atoms with Gasteiger partial charge in [-0.3, -0.25) is 9.59 Å². The minimum absolute atomic E-state index is 0.214. The molecule has 2 atom stereocenters. The highest BCUT2D eigenvalue weighted by atomic mass is 16.6. The standard InChI is InChI=1S/C30H37N3O6/c1-19-9-8-12-24(20(19)2)26(27(36)31-23-14-13-21-10-6-7-11-22(21)17-23)33(15-16-34)28(37)25(18-35)32-29(38)39-30(3,4)5/h6-14,17,25-26,34-35H,15-16,18H2,1-5H3,(H,31,36)(H,32,38). The second kappa shape index (κ2) is 12.7. The summed E-state index contributed by atoms with van der Waals surface area (Å²) in [6.45, 7) is 7.39. The van der Waals surface area contributed by atoms with Gasteiger partial charge in [-0.05, 0) is 74.2 Å². The van der Waals surface area contributed by atoms with Crippen molar-refractivity contribution >= 4 is 34.4 Å². The zero-order valence-corrected chi connectivity index (χ0v) is 23.0. The number of carbonyl (C=O) groups excluding carboxylic acids is 3. The monoisotopic (exact) mass is 535 g/mol. The lowest BCUT2D eigenvalue weighted by molar-refractivity contribution is -0.142. The quantitative estimate of drug-likeness (QED) is 0.330. The molecule has 39 heavy (non-hydrogen) atoms. The summed E-state index contributed by atoms with van der Waals surface area (Å²) in [4.78, 5) is 41.2. The summed E-state index contributed by atoms with van der Waals surface area (Å²) in [5.74, 6) is -1.24. The van der Waals surface area contributed by atoms with E-state index in [0.29, 0.717) is 11.3 Å². The highest BCUT2D eigenvalue weighted by Gasteiger charge is 2.36. The summed E-state index contributed by atoms with van der Waals surface area (Å²) in [5.41, 5.74) is 1.99. The van der Waals surface area contributed by atoms with Gasteiger partial charge in [0.1, 0.15) is 17.7 Å². The fourth-order valence-electron chi connectivity index (χ4n) is 4.31. The molecule has 9 heteroatoms. The highest BCUT2D eigenvalue weighted by molar-refractivity contribution is 6.00. The van der Waals surface area contributed by atoms with Crippen molar-refractivity contribution in [3.05, 3.63) is 77.4 Å². The predicted molar refractivity (Wildman–Crippen MR) is 150 cm³/mol. The van der Waals surface area contributed by atoms with Gasteiger partial charge in [0, 0.05) is 12.2 Å². The van der Waals surface area contributed by atoms with Gasteiger partial charge in [-0.2, -0.15) is 0 Å². The third-order valence-corrected chi connectivity index (χ3v) is 6.31. The van der Waals surface area contributed by atoms with Crippen LogP contribution in [0.2, 0.25) is 0 Å². The molecule has 0 bridgehead atoms. The highest BCUT2D eigenvalue weighted by Crippen LogP contribution is 2.29. The minimum Gasteiger partial charge on any atom is -0.444 e. The molecule has 208 valence electrons. The molecule has 0 saturated heterocycles. The van der Waals surface area contributed by atoms with Crippen molar-refractivity contribution in [2.45, 2.75) is 52.3 Å². The zero-order chi connectivity index (χ0) is 28.7. The fourth-order valence-corrected chi connectivity index (χ4v) is 4.31. The summed E-state index contributed by atoms with van der Waals surface area (Å²) < 4.78 is 5.24. The predicted octanol–water partition coefficient (Wildman–Crippen LogP) is 3.84. The third-order valence-electron chi connectivity index (χ3n) is 6.31. The van der Waals surface area contributed by atoms with E-state index in [0.717, 1.165) is 21.9 Å². The van der Waals surface area contributed by atoms with E-state index in [9.17, 15) is 24.6 Å². The number of nitrogens with one attached hydrogen (secondary N) is 2. The molecule has 3 rings (SSSR count). The van der Waals surface area contributed by atoms with Gasteiger partial charge < -0.3 is 30.5 Å². The molecule has 0 aliphatic heterocycles. The molecule has 3 aromatic rings. The maximum Gasteiger partial charge on any atom is 0.408 e. The van der Waals surface area contributed by atoms with Crippen molar-refractivity contribution in [3.63, 3.8) is 0 Å². The van der Waals surface area contributed by atoms with Crippen LogP contribution in [0.25, 0.3) is 10.8 Å². The molecule has 0 heterocycles. The van der Waals surface area contributed by atoms with E-state index in [-0.39, 0.29) is 6.54 Å². The van der Waals surface area contributed by atoms with E-state index >= 15 is 0 Å². The Bertz CT molecular complexity index is 1330. The average molecular weight is 536 g/mol. The third kappa shape index (κ3) is 7.55. The molecule has 0 aliphatic rings. The molecule has 3 aromatic carbocycles. The first-order valence-electron chi connectivity index (χ1n) is 12.8. The number of ether oxygens (including phenoxy) is 1. The molecule has 0 fully saturated rings. The Kier molecular flexibility index (Phi) is 9.66. The van der Waals surface area contributed by atoms with E-state index in [1.807, 2.05) is 56.3 Å². The Morgan fingerprint density at radius 2 is 1.64 bits per heavy atom. The molecule has 2 unspecified atom stereocenters. The second-order valence-electron chi connectivity index (χ2n) is 10.4. The summed E-state index contributed by atoms with van der Waals surface area (Å²) >= 11 is 0. The maximum atomic E-state index is 13.9. The van der Waals surface area contributed by atoms with Crippen LogP contribution in [-0.2, 0) is 14.3 Å². The first kappa shape index (κ1) is 29.6. The normalized spacial score (nSPS) is 12.9. The smallest absolute Gasteiger partial charge is 0.408 e. The van der Waals surface area contributed by atoms with E-state index < -0.39 is 48.8 Å². The second-order valence-corrected chi connectivity index (χ2v) is 10.4. The van der Waals surface area contributed by atoms with Crippen LogP contribution in [-0.4, -0.2) is 64.4 Å². The van der Waals surface area contributed by atoms with E-state index in [1.165, 1.54) is 4.90 Å². The molecule has 9 nitrogen and oxygen atoms in total. The van der Waals surface area contributed by atoms with Gasteiger partial charge in [-0.1, -0.05) is 48.5 Å². The Balaban J connectivity index is 2.01. The fraction of sp³-hybridized carbons (Fsp3) is 0.367. The molecule has 0 aromatic heterocycles. The average Bonchev–Trinajstić information content (AvgIpc) is 2.87. The Hall–Kier alpha value is -3.95. The van der Waals surface area contributed by atoms with Crippen LogP contribution in [0.1, 0.15) is 43.5 Å². The first-order chi connectivity index (χ1) is 18.4. The number of fused-ring (bicyclic) bond motifs is 1. The number of rotatable bonds is 9. The van der Waals surface area contributed by atoms with Crippen LogP contribution in [0, 0.1) is 13.8 Å². The minimum atomic E-state index is -1.40.